The molecule has 52 heavy (non-hydrogen) atoms. The van der Waals surface area contributed by atoms with E-state index >= 15 is 4.39 Å². The molecule has 2 fully saturated rings. The highest BCUT2D eigenvalue weighted by Crippen LogP contribution is 2.38. The van der Waals surface area contributed by atoms with E-state index in [1.165, 1.54) is 6.42 Å². The standard InChI is InChI=1S/C39H36Br2Cl3FN2O5/c40-28-15-23(16-29(41)38(28)50-21-25-6-2-12-33(37(25)45)47-27-9-4-10-27)19-35(49)52-34(48)14-13-22-17-30(42)39(31(43)18-22)51-20-24-5-1-11-32(36(24)44)46-26-7-3-8-26/h1-2,5-6,11-12,15-18,26-27,46-47H,3-4,7-10,13-14,19-21H2. The second-order valence-electron chi connectivity index (χ2n) is 13.0. The maximum atomic E-state index is 15.1. The highest BCUT2D eigenvalue weighted by molar-refractivity contribution is 9.11. The van der Waals surface area contributed by atoms with Crippen LogP contribution in [-0.4, -0.2) is 24.0 Å². The Morgan fingerprint density at radius 1 is 0.731 bits per heavy atom. The van der Waals surface area contributed by atoms with E-state index in [-0.39, 0.29) is 48.3 Å². The molecular weight excluding hydrogens is 862 g/mol. The van der Waals surface area contributed by atoms with Gasteiger partial charge in [0.25, 0.3) is 0 Å². The third-order valence-corrected chi connectivity index (χ3v) is 11.3. The van der Waals surface area contributed by atoms with Crippen LogP contribution in [0.4, 0.5) is 15.8 Å². The quantitative estimate of drug-likeness (QED) is 0.0908. The Balaban J connectivity index is 0.973. The smallest absolute Gasteiger partial charge is 0.317 e. The maximum absolute atomic E-state index is 15.1. The molecule has 0 unspecified atom stereocenters. The third kappa shape index (κ3) is 9.94. The molecule has 0 aliphatic heterocycles. The molecule has 4 aromatic rings. The van der Waals surface area contributed by atoms with Gasteiger partial charge in [-0.2, -0.15) is 0 Å². The SMILES string of the molecule is O=C(CCc1cc(Cl)c(OCc2cccc(NC3CCC3)c2Cl)c(Cl)c1)OC(=O)Cc1cc(Br)c(OCc2cccc(NC3CCC3)c2F)c(Br)c1. The van der Waals surface area contributed by atoms with Gasteiger partial charge in [0.1, 0.15) is 19.0 Å². The maximum Gasteiger partial charge on any atom is 0.317 e. The molecule has 7 nitrogen and oxygen atoms in total. The van der Waals surface area contributed by atoms with Crippen LogP contribution in [0.3, 0.4) is 0 Å². The summed E-state index contributed by atoms with van der Waals surface area (Å²) in [5, 5.41) is 7.89. The average Bonchev–Trinajstić information content (AvgIpc) is 3.05. The molecule has 2 aliphatic rings. The van der Waals surface area contributed by atoms with Gasteiger partial charge in [-0.3, -0.25) is 9.59 Å². The number of rotatable bonds is 15. The molecule has 2 N–H and O–H groups in total. The van der Waals surface area contributed by atoms with Gasteiger partial charge in [-0.15, -0.1) is 0 Å². The zero-order chi connectivity index (χ0) is 36.8. The third-order valence-electron chi connectivity index (χ3n) is 9.14. The van der Waals surface area contributed by atoms with Crippen molar-refractivity contribution in [1.29, 1.82) is 0 Å². The van der Waals surface area contributed by atoms with E-state index in [2.05, 4.69) is 42.5 Å². The van der Waals surface area contributed by atoms with Crippen LogP contribution in [0.2, 0.25) is 15.1 Å². The van der Waals surface area contributed by atoms with Crippen LogP contribution in [-0.2, 0) is 40.4 Å². The molecule has 6 rings (SSSR count). The van der Waals surface area contributed by atoms with Crippen LogP contribution < -0.4 is 20.1 Å². The van der Waals surface area contributed by atoms with Gasteiger partial charge >= 0.3 is 11.9 Å². The first kappa shape index (κ1) is 38.7. The predicted molar refractivity (Wildman–Crippen MR) is 210 cm³/mol. The van der Waals surface area contributed by atoms with E-state index in [0.29, 0.717) is 59.9 Å². The molecule has 0 bridgehead atoms. The van der Waals surface area contributed by atoms with Crippen molar-refractivity contribution in [2.75, 3.05) is 10.6 Å². The number of anilines is 2. The first-order valence-corrected chi connectivity index (χ1v) is 19.8. The Kier molecular flexibility index (Phi) is 13.3. The van der Waals surface area contributed by atoms with Gasteiger partial charge in [0.2, 0.25) is 0 Å². The second-order valence-corrected chi connectivity index (χ2v) is 15.9. The van der Waals surface area contributed by atoms with Crippen LogP contribution >= 0.6 is 66.7 Å². The average molecular weight is 898 g/mol. The van der Waals surface area contributed by atoms with E-state index in [1.54, 1.807) is 42.5 Å². The zero-order valence-corrected chi connectivity index (χ0v) is 33.5. The largest absolute Gasteiger partial charge is 0.486 e. The van der Waals surface area contributed by atoms with Crippen molar-refractivity contribution in [1.82, 2.24) is 0 Å². The Morgan fingerprint density at radius 3 is 1.90 bits per heavy atom. The normalized spacial score (nSPS) is 14.3. The fourth-order valence-corrected chi connectivity index (χ4v) is 8.21. The second kappa shape index (κ2) is 17.9. The molecular formula is C39H36Br2Cl3FN2O5. The van der Waals surface area contributed by atoms with Gasteiger partial charge in [-0.1, -0.05) is 59.1 Å². The molecule has 13 heteroatoms. The number of esters is 2. The molecule has 0 radical (unpaired) electrons. The first-order valence-electron chi connectivity index (χ1n) is 17.1. The number of benzene rings is 4. The summed E-state index contributed by atoms with van der Waals surface area (Å²) in [6.07, 6.45) is 6.73. The molecule has 2 aliphatic carbocycles. The monoisotopic (exact) mass is 894 g/mol. The molecule has 0 heterocycles. The number of ether oxygens (including phenoxy) is 3. The van der Waals surface area contributed by atoms with Crippen molar-refractivity contribution in [2.45, 2.75) is 83.1 Å². The van der Waals surface area contributed by atoms with E-state index in [4.69, 9.17) is 49.0 Å². The molecule has 0 aromatic heterocycles. The highest BCUT2D eigenvalue weighted by Gasteiger charge is 2.22. The zero-order valence-electron chi connectivity index (χ0n) is 28.0. The Labute approximate surface area is 334 Å². The van der Waals surface area contributed by atoms with Gasteiger partial charge in [0.15, 0.2) is 11.6 Å². The molecule has 4 aromatic carbocycles. The molecule has 0 spiro atoms. The Bertz CT molecular complexity index is 1910. The van der Waals surface area contributed by atoms with Gasteiger partial charge in [-0.25, -0.2) is 4.39 Å². The Morgan fingerprint density at radius 2 is 1.29 bits per heavy atom. The predicted octanol–water partition coefficient (Wildman–Crippen LogP) is 11.6. The van der Waals surface area contributed by atoms with Crippen molar-refractivity contribution in [3.63, 3.8) is 0 Å². The van der Waals surface area contributed by atoms with Crippen LogP contribution in [0.1, 0.15) is 67.2 Å². The van der Waals surface area contributed by atoms with Crippen molar-refractivity contribution in [3.05, 3.63) is 113 Å². The highest BCUT2D eigenvalue weighted by atomic mass is 79.9. The van der Waals surface area contributed by atoms with E-state index in [1.807, 2.05) is 18.2 Å². The van der Waals surface area contributed by atoms with Crippen molar-refractivity contribution >= 4 is 90.0 Å². The summed E-state index contributed by atoms with van der Waals surface area (Å²) in [5.74, 6) is -0.964. The van der Waals surface area contributed by atoms with Crippen molar-refractivity contribution in [2.24, 2.45) is 0 Å². The fraction of sp³-hybridized carbons (Fsp3) is 0.333. The van der Waals surface area contributed by atoms with Crippen molar-refractivity contribution < 1.29 is 28.2 Å². The number of carbonyl (C=O) groups is 2. The van der Waals surface area contributed by atoms with Gasteiger partial charge in [0.05, 0.1) is 48.2 Å². The van der Waals surface area contributed by atoms with E-state index in [0.717, 1.165) is 43.4 Å². The lowest BCUT2D eigenvalue weighted by molar-refractivity contribution is -0.159. The fourth-order valence-electron chi connectivity index (χ4n) is 5.82. The topological polar surface area (TPSA) is 85.9 Å². The first-order chi connectivity index (χ1) is 25.0. The summed E-state index contributed by atoms with van der Waals surface area (Å²) in [7, 11) is 0. The summed E-state index contributed by atoms with van der Waals surface area (Å²) in [6, 6.07) is 18.4. The minimum absolute atomic E-state index is 0.00679. The molecule has 0 atom stereocenters. The van der Waals surface area contributed by atoms with E-state index < -0.39 is 11.9 Å². The Hall–Kier alpha value is -3.02. The van der Waals surface area contributed by atoms with Gasteiger partial charge < -0.3 is 24.8 Å². The number of carbonyl (C=O) groups excluding carboxylic acids is 2. The van der Waals surface area contributed by atoms with Gasteiger partial charge in [0, 0.05) is 23.2 Å². The van der Waals surface area contributed by atoms with Crippen LogP contribution in [0.15, 0.2) is 69.6 Å². The van der Waals surface area contributed by atoms with Crippen LogP contribution in [0, 0.1) is 5.82 Å². The summed E-state index contributed by atoms with van der Waals surface area (Å²) in [4.78, 5) is 25.2. The minimum Gasteiger partial charge on any atom is -0.486 e. The lowest BCUT2D eigenvalue weighted by Crippen LogP contribution is -2.27. The number of aryl methyl sites for hydroxylation is 1. The summed E-state index contributed by atoms with van der Waals surface area (Å²) < 4.78 is 33.2. The summed E-state index contributed by atoms with van der Waals surface area (Å²) >= 11 is 26.6. The number of nitrogens with one attached hydrogen (secondary N) is 2. The summed E-state index contributed by atoms with van der Waals surface area (Å²) in [5.41, 5.74) is 3.82. The van der Waals surface area contributed by atoms with Crippen LogP contribution in [0.25, 0.3) is 0 Å². The molecule has 274 valence electrons. The number of hydrogen-bond acceptors (Lipinski definition) is 7. The minimum atomic E-state index is -0.708. The van der Waals surface area contributed by atoms with Crippen molar-refractivity contribution in [3.8, 4) is 11.5 Å². The lowest BCUT2D eigenvalue weighted by Gasteiger charge is -2.28. The molecule has 0 amide bonds. The molecule has 2 saturated carbocycles. The molecule has 0 saturated heterocycles. The number of halogens is 6. The lowest BCUT2D eigenvalue weighted by atomic mass is 9.93. The van der Waals surface area contributed by atoms with Gasteiger partial charge in [-0.05, 0) is 124 Å². The van der Waals surface area contributed by atoms with Crippen LogP contribution in [0.5, 0.6) is 11.5 Å². The summed E-state index contributed by atoms with van der Waals surface area (Å²) in [6.45, 7) is 0.175. The van der Waals surface area contributed by atoms with E-state index in [9.17, 15) is 9.59 Å². The number of hydrogen-bond donors (Lipinski definition) is 2.